The summed E-state index contributed by atoms with van der Waals surface area (Å²) in [6, 6.07) is 0. The van der Waals surface area contributed by atoms with Crippen molar-refractivity contribution in [3.05, 3.63) is 11.9 Å². The van der Waals surface area contributed by atoms with Crippen molar-refractivity contribution in [2.24, 2.45) is 13.0 Å². The number of aromatic nitrogens is 3. The number of nitrogens with zero attached hydrogens (tertiary/aromatic N) is 4. The summed E-state index contributed by atoms with van der Waals surface area (Å²) in [4.78, 5) is 13.7. The standard InChI is InChI=1S/C9H14N4O/c1-7-3-4-13(5-7)9(14)8-6-12(2)11-10-8/h6-7H,3-5H2,1-2H3. The molecule has 1 aromatic heterocycles. The number of rotatable bonds is 1. The highest BCUT2D eigenvalue weighted by atomic mass is 16.2. The van der Waals surface area contributed by atoms with Gasteiger partial charge >= 0.3 is 0 Å². The van der Waals surface area contributed by atoms with Gasteiger partial charge in [0.15, 0.2) is 5.69 Å². The van der Waals surface area contributed by atoms with Gasteiger partial charge in [-0.15, -0.1) is 5.10 Å². The highest BCUT2D eigenvalue weighted by Gasteiger charge is 2.25. The van der Waals surface area contributed by atoms with Gasteiger partial charge in [0, 0.05) is 20.1 Å². The molecule has 1 aliphatic rings. The summed E-state index contributed by atoms with van der Waals surface area (Å²) in [6.45, 7) is 3.84. The molecule has 5 nitrogen and oxygen atoms in total. The van der Waals surface area contributed by atoms with Gasteiger partial charge in [-0.3, -0.25) is 9.48 Å². The zero-order chi connectivity index (χ0) is 10.1. The van der Waals surface area contributed by atoms with Crippen LogP contribution in [-0.4, -0.2) is 38.9 Å². The van der Waals surface area contributed by atoms with Crippen LogP contribution in [0.4, 0.5) is 0 Å². The number of carbonyl (C=O) groups is 1. The van der Waals surface area contributed by atoms with Gasteiger partial charge in [-0.05, 0) is 12.3 Å². The van der Waals surface area contributed by atoms with E-state index in [0.717, 1.165) is 19.5 Å². The molecule has 1 unspecified atom stereocenters. The first kappa shape index (κ1) is 9.18. The van der Waals surface area contributed by atoms with Crippen LogP contribution >= 0.6 is 0 Å². The molecule has 1 atom stereocenters. The summed E-state index contributed by atoms with van der Waals surface area (Å²) in [7, 11) is 1.76. The van der Waals surface area contributed by atoms with E-state index in [9.17, 15) is 4.79 Å². The molecule has 1 fully saturated rings. The molecule has 0 bridgehead atoms. The van der Waals surface area contributed by atoms with Gasteiger partial charge in [0.05, 0.1) is 6.20 Å². The Labute approximate surface area is 82.7 Å². The number of hydrogen-bond donors (Lipinski definition) is 0. The summed E-state index contributed by atoms with van der Waals surface area (Å²) >= 11 is 0. The maximum Gasteiger partial charge on any atom is 0.276 e. The van der Waals surface area contributed by atoms with E-state index in [4.69, 9.17) is 0 Å². The number of aryl methyl sites for hydroxylation is 1. The van der Waals surface area contributed by atoms with E-state index in [2.05, 4.69) is 17.2 Å². The molecule has 1 saturated heterocycles. The number of carbonyl (C=O) groups excluding carboxylic acids is 1. The smallest absolute Gasteiger partial charge is 0.276 e. The van der Waals surface area contributed by atoms with Crippen molar-refractivity contribution in [2.75, 3.05) is 13.1 Å². The second-order valence-corrected chi connectivity index (χ2v) is 3.92. The van der Waals surface area contributed by atoms with Gasteiger partial charge in [-0.25, -0.2) is 0 Å². The first-order valence-electron chi connectivity index (χ1n) is 4.82. The van der Waals surface area contributed by atoms with E-state index in [1.54, 1.807) is 17.9 Å². The molecule has 1 aromatic rings. The minimum atomic E-state index is 0.00227. The Bertz CT molecular complexity index is 346. The van der Waals surface area contributed by atoms with E-state index in [1.165, 1.54) is 0 Å². The van der Waals surface area contributed by atoms with Gasteiger partial charge in [-0.1, -0.05) is 12.1 Å². The molecule has 0 aliphatic carbocycles. The van der Waals surface area contributed by atoms with Crippen LogP contribution in [-0.2, 0) is 7.05 Å². The average Bonchev–Trinajstić information content (AvgIpc) is 2.73. The molecule has 5 heteroatoms. The third-order valence-electron chi connectivity index (χ3n) is 2.53. The van der Waals surface area contributed by atoms with Crippen LogP contribution in [0.2, 0.25) is 0 Å². The molecule has 2 heterocycles. The number of hydrogen-bond acceptors (Lipinski definition) is 3. The minimum Gasteiger partial charge on any atom is -0.337 e. The Balaban J connectivity index is 2.09. The lowest BCUT2D eigenvalue weighted by Gasteiger charge is -2.13. The molecule has 14 heavy (non-hydrogen) atoms. The Morgan fingerprint density at radius 3 is 2.93 bits per heavy atom. The van der Waals surface area contributed by atoms with E-state index in [-0.39, 0.29) is 5.91 Å². The average molecular weight is 194 g/mol. The monoisotopic (exact) mass is 194 g/mol. The lowest BCUT2D eigenvalue weighted by molar-refractivity contribution is 0.0782. The van der Waals surface area contributed by atoms with Crippen molar-refractivity contribution in [3.63, 3.8) is 0 Å². The van der Waals surface area contributed by atoms with Crippen molar-refractivity contribution in [1.29, 1.82) is 0 Å². The Hall–Kier alpha value is -1.39. The van der Waals surface area contributed by atoms with E-state index in [1.807, 2.05) is 4.90 Å². The van der Waals surface area contributed by atoms with Crippen LogP contribution in [0.5, 0.6) is 0 Å². The highest BCUT2D eigenvalue weighted by molar-refractivity contribution is 5.92. The molecule has 0 spiro atoms. The van der Waals surface area contributed by atoms with Crippen LogP contribution < -0.4 is 0 Å². The summed E-state index contributed by atoms with van der Waals surface area (Å²) in [5, 5.41) is 7.55. The lowest BCUT2D eigenvalue weighted by atomic mass is 10.2. The maximum absolute atomic E-state index is 11.8. The van der Waals surface area contributed by atoms with Crippen molar-refractivity contribution in [3.8, 4) is 0 Å². The predicted molar refractivity (Wildman–Crippen MR) is 50.7 cm³/mol. The van der Waals surface area contributed by atoms with Gasteiger partial charge in [0.2, 0.25) is 0 Å². The quantitative estimate of drug-likeness (QED) is 0.646. The third kappa shape index (κ3) is 1.62. The van der Waals surface area contributed by atoms with Crippen LogP contribution in [0.1, 0.15) is 23.8 Å². The largest absolute Gasteiger partial charge is 0.337 e. The molecule has 1 amide bonds. The molecular formula is C9H14N4O. The van der Waals surface area contributed by atoms with Crippen molar-refractivity contribution >= 4 is 5.91 Å². The lowest BCUT2D eigenvalue weighted by Crippen LogP contribution is -2.28. The van der Waals surface area contributed by atoms with Gasteiger partial charge in [0.25, 0.3) is 5.91 Å². The van der Waals surface area contributed by atoms with Crippen molar-refractivity contribution < 1.29 is 4.79 Å². The second kappa shape index (κ2) is 3.40. The fourth-order valence-corrected chi connectivity index (χ4v) is 1.73. The van der Waals surface area contributed by atoms with Crippen molar-refractivity contribution in [2.45, 2.75) is 13.3 Å². The molecule has 0 N–H and O–H groups in total. The summed E-state index contributed by atoms with van der Waals surface area (Å²) < 4.78 is 1.55. The Morgan fingerprint density at radius 2 is 2.43 bits per heavy atom. The molecular weight excluding hydrogens is 180 g/mol. The predicted octanol–water partition coefficient (Wildman–Crippen LogP) is 0.297. The molecule has 0 aromatic carbocycles. The van der Waals surface area contributed by atoms with Gasteiger partial charge in [-0.2, -0.15) is 0 Å². The fraction of sp³-hybridized carbons (Fsp3) is 0.667. The molecule has 0 saturated carbocycles. The van der Waals surface area contributed by atoms with Crippen LogP contribution in [0.15, 0.2) is 6.20 Å². The summed E-state index contributed by atoms with van der Waals surface area (Å²) in [5.74, 6) is 0.609. The van der Waals surface area contributed by atoms with Crippen LogP contribution in [0.25, 0.3) is 0 Å². The Kier molecular flexibility index (Phi) is 2.23. The number of amides is 1. The van der Waals surface area contributed by atoms with E-state index in [0.29, 0.717) is 11.6 Å². The third-order valence-corrected chi connectivity index (χ3v) is 2.53. The number of likely N-dealkylation sites (tertiary alicyclic amines) is 1. The topological polar surface area (TPSA) is 51.0 Å². The first-order valence-corrected chi connectivity index (χ1v) is 4.82. The molecule has 76 valence electrons. The maximum atomic E-state index is 11.8. The second-order valence-electron chi connectivity index (χ2n) is 3.92. The van der Waals surface area contributed by atoms with E-state index < -0.39 is 0 Å². The zero-order valence-electron chi connectivity index (χ0n) is 8.47. The summed E-state index contributed by atoms with van der Waals surface area (Å²) in [6.07, 6.45) is 2.75. The molecule has 0 radical (unpaired) electrons. The van der Waals surface area contributed by atoms with Crippen LogP contribution in [0, 0.1) is 5.92 Å². The minimum absolute atomic E-state index is 0.00227. The van der Waals surface area contributed by atoms with Crippen LogP contribution in [0.3, 0.4) is 0 Å². The Morgan fingerprint density at radius 1 is 1.64 bits per heavy atom. The first-order chi connectivity index (χ1) is 6.66. The zero-order valence-corrected chi connectivity index (χ0v) is 8.47. The van der Waals surface area contributed by atoms with Crippen molar-refractivity contribution in [1.82, 2.24) is 19.9 Å². The van der Waals surface area contributed by atoms with E-state index >= 15 is 0 Å². The summed E-state index contributed by atoms with van der Waals surface area (Å²) in [5.41, 5.74) is 0.446. The highest BCUT2D eigenvalue weighted by Crippen LogP contribution is 2.16. The normalized spacial score (nSPS) is 21.6. The molecule has 2 rings (SSSR count). The van der Waals surface area contributed by atoms with Gasteiger partial charge < -0.3 is 4.90 Å². The fourth-order valence-electron chi connectivity index (χ4n) is 1.73. The van der Waals surface area contributed by atoms with Gasteiger partial charge in [0.1, 0.15) is 0 Å². The SMILES string of the molecule is CC1CCN(C(=O)c2cn(C)nn2)C1. The molecule has 1 aliphatic heterocycles.